The summed E-state index contributed by atoms with van der Waals surface area (Å²) in [4.78, 5) is 14.2. The maximum Gasteiger partial charge on any atom is 0.254 e. The molecule has 2 aromatic carbocycles. The van der Waals surface area contributed by atoms with Gasteiger partial charge in [-0.05, 0) is 42.8 Å². The zero-order chi connectivity index (χ0) is 15.2. The zero-order valence-electron chi connectivity index (χ0n) is 11.9. The average molecular weight is 279 g/mol. The Hall–Kier alpha value is -2.80. The summed E-state index contributed by atoms with van der Waals surface area (Å²) in [7, 11) is 0. The van der Waals surface area contributed by atoms with Gasteiger partial charge in [0.2, 0.25) is 0 Å². The molecule has 0 aliphatic heterocycles. The summed E-state index contributed by atoms with van der Waals surface area (Å²) in [6, 6.07) is 16.3. The van der Waals surface area contributed by atoms with Crippen molar-refractivity contribution in [3.8, 4) is 6.07 Å². The Balaban J connectivity index is 2.18. The summed E-state index contributed by atoms with van der Waals surface area (Å²) in [5.41, 5.74) is 8.41. The van der Waals surface area contributed by atoms with Crippen molar-refractivity contribution >= 4 is 11.6 Å². The molecule has 0 heterocycles. The Morgan fingerprint density at radius 2 is 1.95 bits per heavy atom. The van der Waals surface area contributed by atoms with Gasteiger partial charge in [-0.2, -0.15) is 5.26 Å². The fourth-order valence-corrected chi connectivity index (χ4v) is 2.07. The van der Waals surface area contributed by atoms with Crippen LogP contribution in [-0.2, 0) is 6.54 Å². The molecule has 0 unspecified atom stereocenters. The van der Waals surface area contributed by atoms with Gasteiger partial charge in [-0.25, -0.2) is 0 Å². The number of carbonyl (C=O) groups is 1. The number of benzene rings is 2. The lowest BCUT2D eigenvalue weighted by atomic mass is 10.1. The summed E-state index contributed by atoms with van der Waals surface area (Å²) in [5.74, 6) is -0.0774. The highest BCUT2D eigenvalue weighted by atomic mass is 16.2. The minimum absolute atomic E-state index is 0.0774. The minimum Gasteiger partial charge on any atom is -0.399 e. The number of hydrogen-bond donors (Lipinski definition) is 1. The third kappa shape index (κ3) is 3.61. The first-order chi connectivity index (χ1) is 10.1. The lowest BCUT2D eigenvalue weighted by Crippen LogP contribution is -2.30. The standard InChI is InChI=1S/C17H17N3O/c1-2-20(12-13-6-8-16(19)9-7-13)17(21)15-5-3-4-14(10-15)11-18/h3-10H,2,12,19H2,1H3. The average Bonchev–Trinajstić information content (AvgIpc) is 2.53. The van der Waals surface area contributed by atoms with E-state index in [9.17, 15) is 4.79 Å². The molecular formula is C17H17N3O. The Morgan fingerprint density at radius 3 is 2.57 bits per heavy atom. The summed E-state index contributed by atoms with van der Waals surface area (Å²) in [5, 5.41) is 8.91. The molecule has 2 N–H and O–H groups in total. The minimum atomic E-state index is -0.0774. The summed E-state index contributed by atoms with van der Waals surface area (Å²) < 4.78 is 0. The number of nitrogens with two attached hydrogens (primary N) is 1. The number of rotatable bonds is 4. The molecule has 1 amide bonds. The molecule has 0 aliphatic rings. The zero-order valence-corrected chi connectivity index (χ0v) is 11.9. The largest absolute Gasteiger partial charge is 0.399 e. The van der Waals surface area contributed by atoms with E-state index in [1.807, 2.05) is 31.2 Å². The first-order valence-electron chi connectivity index (χ1n) is 6.78. The van der Waals surface area contributed by atoms with E-state index in [1.54, 1.807) is 29.2 Å². The number of nitriles is 1. The highest BCUT2D eigenvalue weighted by Gasteiger charge is 2.14. The lowest BCUT2D eigenvalue weighted by molar-refractivity contribution is 0.0752. The van der Waals surface area contributed by atoms with E-state index >= 15 is 0 Å². The number of amides is 1. The van der Waals surface area contributed by atoms with Gasteiger partial charge < -0.3 is 10.6 Å². The van der Waals surface area contributed by atoms with Crippen molar-refractivity contribution in [3.63, 3.8) is 0 Å². The molecule has 4 heteroatoms. The Kier molecular flexibility index (Phi) is 4.57. The second kappa shape index (κ2) is 6.58. The van der Waals surface area contributed by atoms with Crippen molar-refractivity contribution in [2.24, 2.45) is 0 Å². The van der Waals surface area contributed by atoms with E-state index < -0.39 is 0 Å². The van der Waals surface area contributed by atoms with E-state index in [-0.39, 0.29) is 5.91 Å². The smallest absolute Gasteiger partial charge is 0.254 e. The van der Waals surface area contributed by atoms with Crippen molar-refractivity contribution in [3.05, 3.63) is 65.2 Å². The maximum atomic E-state index is 12.5. The van der Waals surface area contributed by atoms with Gasteiger partial charge in [0, 0.05) is 24.3 Å². The van der Waals surface area contributed by atoms with Crippen LogP contribution in [0.1, 0.15) is 28.4 Å². The van der Waals surface area contributed by atoms with Crippen LogP contribution in [0.2, 0.25) is 0 Å². The van der Waals surface area contributed by atoms with Gasteiger partial charge in [-0.3, -0.25) is 4.79 Å². The fraction of sp³-hybridized carbons (Fsp3) is 0.176. The van der Waals surface area contributed by atoms with Crippen LogP contribution < -0.4 is 5.73 Å². The van der Waals surface area contributed by atoms with E-state index in [1.165, 1.54) is 0 Å². The third-order valence-corrected chi connectivity index (χ3v) is 3.26. The van der Waals surface area contributed by atoms with Crippen molar-refractivity contribution in [1.29, 1.82) is 5.26 Å². The van der Waals surface area contributed by atoms with Crippen molar-refractivity contribution in [1.82, 2.24) is 4.90 Å². The number of hydrogen-bond acceptors (Lipinski definition) is 3. The topological polar surface area (TPSA) is 70.1 Å². The first kappa shape index (κ1) is 14.6. The molecule has 0 fully saturated rings. The van der Waals surface area contributed by atoms with Gasteiger partial charge in [0.05, 0.1) is 11.6 Å². The quantitative estimate of drug-likeness (QED) is 0.875. The van der Waals surface area contributed by atoms with Gasteiger partial charge in [-0.15, -0.1) is 0 Å². The highest BCUT2D eigenvalue weighted by molar-refractivity contribution is 5.94. The van der Waals surface area contributed by atoms with E-state index in [2.05, 4.69) is 6.07 Å². The second-order valence-corrected chi connectivity index (χ2v) is 4.75. The SMILES string of the molecule is CCN(Cc1ccc(N)cc1)C(=O)c1cccc(C#N)c1. The van der Waals surface area contributed by atoms with Gasteiger partial charge in [-0.1, -0.05) is 18.2 Å². The van der Waals surface area contributed by atoms with E-state index in [0.717, 1.165) is 5.56 Å². The summed E-state index contributed by atoms with van der Waals surface area (Å²) in [6.45, 7) is 3.05. The van der Waals surface area contributed by atoms with Crippen LogP contribution in [0.3, 0.4) is 0 Å². The molecule has 106 valence electrons. The maximum absolute atomic E-state index is 12.5. The van der Waals surface area contributed by atoms with Crippen LogP contribution in [0.5, 0.6) is 0 Å². The molecule has 0 spiro atoms. The monoisotopic (exact) mass is 279 g/mol. The molecule has 0 radical (unpaired) electrons. The normalized spacial score (nSPS) is 9.90. The van der Waals surface area contributed by atoms with Crippen molar-refractivity contribution in [2.45, 2.75) is 13.5 Å². The van der Waals surface area contributed by atoms with E-state index in [4.69, 9.17) is 11.0 Å². The van der Waals surface area contributed by atoms with Gasteiger partial charge >= 0.3 is 0 Å². The van der Waals surface area contributed by atoms with Gasteiger partial charge in [0.15, 0.2) is 0 Å². The second-order valence-electron chi connectivity index (χ2n) is 4.75. The summed E-state index contributed by atoms with van der Waals surface area (Å²) >= 11 is 0. The molecule has 21 heavy (non-hydrogen) atoms. The van der Waals surface area contributed by atoms with Crippen molar-refractivity contribution < 1.29 is 4.79 Å². The van der Waals surface area contributed by atoms with E-state index in [0.29, 0.717) is 29.9 Å². The van der Waals surface area contributed by atoms with Crippen LogP contribution in [0.25, 0.3) is 0 Å². The predicted molar refractivity (Wildman–Crippen MR) is 82.4 cm³/mol. The van der Waals surface area contributed by atoms with Crippen LogP contribution in [0.4, 0.5) is 5.69 Å². The van der Waals surface area contributed by atoms with Crippen LogP contribution >= 0.6 is 0 Å². The van der Waals surface area contributed by atoms with Crippen LogP contribution in [0, 0.1) is 11.3 Å². The Labute approximate surface area is 124 Å². The highest BCUT2D eigenvalue weighted by Crippen LogP contribution is 2.13. The number of nitrogen functional groups attached to an aromatic ring is 1. The molecule has 0 aliphatic carbocycles. The van der Waals surface area contributed by atoms with Crippen LogP contribution in [0.15, 0.2) is 48.5 Å². The van der Waals surface area contributed by atoms with Gasteiger partial charge in [0.1, 0.15) is 0 Å². The molecule has 0 saturated heterocycles. The molecule has 2 aromatic rings. The fourth-order valence-electron chi connectivity index (χ4n) is 2.07. The lowest BCUT2D eigenvalue weighted by Gasteiger charge is -2.21. The predicted octanol–water partition coefficient (Wildman–Crippen LogP) is 2.80. The van der Waals surface area contributed by atoms with Gasteiger partial charge in [0.25, 0.3) is 5.91 Å². The first-order valence-corrected chi connectivity index (χ1v) is 6.78. The Bertz CT molecular complexity index is 671. The number of anilines is 1. The molecule has 4 nitrogen and oxygen atoms in total. The van der Waals surface area contributed by atoms with Crippen LogP contribution in [-0.4, -0.2) is 17.4 Å². The third-order valence-electron chi connectivity index (χ3n) is 3.26. The molecule has 2 rings (SSSR count). The molecule has 0 bridgehead atoms. The number of nitrogens with zero attached hydrogens (tertiary/aromatic N) is 2. The van der Waals surface area contributed by atoms with Crippen molar-refractivity contribution in [2.75, 3.05) is 12.3 Å². The molecule has 0 aromatic heterocycles. The molecule has 0 atom stereocenters. The molecule has 0 saturated carbocycles. The molecular weight excluding hydrogens is 262 g/mol. The number of carbonyl (C=O) groups excluding carboxylic acids is 1. The Morgan fingerprint density at radius 1 is 1.24 bits per heavy atom. The summed E-state index contributed by atoms with van der Waals surface area (Å²) in [6.07, 6.45) is 0.